The van der Waals surface area contributed by atoms with Gasteiger partial charge in [0, 0.05) is 5.39 Å². The van der Waals surface area contributed by atoms with E-state index in [1.54, 1.807) is 0 Å². The van der Waals surface area contributed by atoms with E-state index in [0.717, 1.165) is 16.5 Å². The summed E-state index contributed by atoms with van der Waals surface area (Å²) in [6.45, 7) is 0. The van der Waals surface area contributed by atoms with Crippen molar-refractivity contribution in [1.82, 2.24) is 9.97 Å². The summed E-state index contributed by atoms with van der Waals surface area (Å²) < 4.78 is 5.71. The van der Waals surface area contributed by atoms with Crippen molar-refractivity contribution in [3.05, 3.63) is 59.0 Å². The molecule has 5 heteroatoms. The molecule has 21 heavy (non-hydrogen) atoms. The lowest BCUT2D eigenvalue weighted by Gasteiger charge is -2.00. The number of hydrogen-bond acceptors (Lipinski definition) is 3. The molecule has 0 saturated heterocycles. The minimum atomic E-state index is 0.111. The summed E-state index contributed by atoms with van der Waals surface area (Å²) in [4.78, 5) is 8.14. The third-order valence-corrected chi connectivity index (χ3v) is 3.78. The Balaban J connectivity index is 2.05. The molecule has 0 aliphatic rings. The van der Waals surface area contributed by atoms with Crippen LogP contribution in [0.25, 0.3) is 33.2 Å². The van der Waals surface area contributed by atoms with Crippen LogP contribution in [0, 0.1) is 0 Å². The highest BCUT2D eigenvalue weighted by atomic mass is 35.5. The number of benzene rings is 2. The average Bonchev–Trinajstić information content (AvgIpc) is 2.86. The van der Waals surface area contributed by atoms with Gasteiger partial charge in [0.1, 0.15) is 11.1 Å². The fourth-order valence-corrected chi connectivity index (χ4v) is 2.82. The van der Waals surface area contributed by atoms with Gasteiger partial charge in [-0.2, -0.15) is 0 Å². The van der Waals surface area contributed by atoms with Crippen LogP contribution >= 0.6 is 23.2 Å². The standard InChI is InChI=1S/C16H8Cl2N2O/c17-15-14-13(19-16(18)20-15)11-8-10(6-7-12(11)21-14)9-4-2-1-3-5-9/h1-8H. The fraction of sp³-hybridized carbons (Fsp3) is 0. The average molecular weight is 315 g/mol. The van der Waals surface area contributed by atoms with E-state index in [1.165, 1.54) is 0 Å². The van der Waals surface area contributed by atoms with Crippen molar-refractivity contribution in [1.29, 1.82) is 0 Å². The minimum absolute atomic E-state index is 0.111. The Bertz CT molecular complexity index is 964. The number of halogens is 2. The van der Waals surface area contributed by atoms with Gasteiger partial charge in [-0.25, -0.2) is 9.97 Å². The molecule has 4 aromatic rings. The summed E-state index contributed by atoms with van der Waals surface area (Å²) in [7, 11) is 0. The maximum atomic E-state index is 6.06. The van der Waals surface area contributed by atoms with E-state index in [1.807, 2.05) is 36.4 Å². The van der Waals surface area contributed by atoms with Crippen molar-refractivity contribution in [2.75, 3.05) is 0 Å². The summed E-state index contributed by atoms with van der Waals surface area (Å²) in [5.74, 6) is 0. The van der Waals surface area contributed by atoms with Gasteiger partial charge >= 0.3 is 0 Å². The van der Waals surface area contributed by atoms with E-state index in [4.69, 9.17) is 27.6 Å². The van der Waals surface area contributed by atoms with Crippen molar-refractivity contribution in [3.63, 3.8) is 0 Å². The molecule has 0 aliphatic carbocycles. The first kappa shape index (κ1) is 12.6. The predicted molar refractivity (Wildman–Crippen MR) is 84.8 cm³/mol. The highest BCUT2D eigenvalue weighted by Gasteiger charge is 2.14. The van der Waals surface area contributed by atoms with Gasteiger partial charge in [-0.15, -0.1) is 0 Å². The maximum absolute atomic E-state index is 6.06. The number of nitrogens with zero attached hydrogens (tertiary/aromatic N) is 2. The largest absolute Gasteiger partial charge is 0.451 e. The Morgan fingerprint density at radius 3 is 2.48 bits per heavy atom. The van der Waals surface area contributed by atoms with E-state index in [2.05, 4.69) is 22.1 Å². The first-order valence-electron chi connectivity index (χ1n) is 6.33. The van der Waals surface area contributed by atoms with Gasteiger partial charge in [-0.3, -0.25) is 0 Å². The van der Waals surface area contributed by atoms with Crippen LogP contribution in [0.1, 0.15) is 0 Å². The molecule has 3 nitrogen and oxygen atoms in total. The van der Waals surface area contributed by atoms with Gasteiger partial charge in [-0.1, -0.05) is 48.0 Å². The van der Waals surface area contributed by atoms with Gasteiger partial charge in [0.15, 0.2) is 10.7 Å². The third-order valence-electron chi connectivity index (χ3n) is 3.35. The molecule has 102 valence electrons. The summed E-state index contributed by atoms with van der Waals surface area (Å²) in [6, 6.07) is 16.0. The topological polar surface area (TPSA) is 38.9 Å². The van der Waals surface area contributed by atoms with Crippen LogP contribution < -0.4 is 0 Å². The molecule has 2 heterocycles. The number of rotatable bonds is 1. The first-order valence-corrected chi connectivity index (χ1v) is 7.09. The zero-order valence-electron chi connectivity index (χ0n) is 10.7. The lowest BCUT2D eigenvalue weighted by molar-refractivity contribution is 0.666. The fourth-order valence-electron chi connectivity index (χ4n) is 2.39. The molecule has 0 N–H and O–H groups in total. The second-order valence-corrected chi connectivity index (χ2v) is 5.34. The van der Waals surface area contributed by atoms with Crippen LogP contribution in [0.4, 0.5) is 0 Å². The van der Waals surface area contributed by atoms with Crippen molar-refractivity contribution in [3.8, 4) is 11.1 Å². The normalized spacial score (nSPS) is 11.3. The van der Waals surface area contributed by atoms with Gasteiger partial charge < -0.3 is 4.42 Å². The molecular weight excluding hydrogens is 307 g/mol. The van der Waals surface area contributed by atoms with E-state index in [-0.39, 0.29) is 10.4 Å². The molecule has 0 unspecified atom stereocenters. The molecule has 0 fully saturated rings. The zero-order chi connectivity index (χ0) is 14.4. The Morgan fingerprint density at radius 1 is 0.857 bits per heavy atom. The predicted octanol–water partition coefficient (Wildman–Crippen LogP) is 5.35. The monoisotopic (exact) mass is 314 g/mol. The lowest BCUT2D eigenvalue weighted by atomic mass is 10.0. The smallest absolute Gasteiger partial charge is 0.224 e. The molecule has 2 aromatic carbocycles. The second-order valence-electron chi connectivity index (χ2n) is 4.64. The van der Waals surface area contributed by atoms with Gasteiger partial charge in [0.25, 0.3) is 0 Å². The molecule has 0 atom stereocenters. The molecule has 0 radical (unpaired) electrons. The zero-order valence-corrected chi connectivity index (χ0v) is 12.2. The van der Waals surface area contributed by atoms with Crippen molar-refractivity contribution < 1.29 is 4.42 Å². The minimum Gasteiger partial charge on any atom is -0.451 e. The second kappa shape index (κ2) is 4.72. The van der Waals surface area contributed by atoms with Crippen LogP contribution in [0.15, 0.2) is 52.9 Å². The van der Waals surface area contributed by atoms with E-state index < -0.39 is 0 Å². The van der Waals surface area contributed by atoms with Gasteiger partial charge in [-0.05, 0) is 34.9 Å². The summed E-state index contributed by atoms with van der Waals surface area (Å²) in [5, 5.41) is 1.21. The highest BCUT2D eigenvalue weighted by Crippen LogP contribution is 2.34. The lowest BCUT2D eigenvalue weighted by Crippen LogP contribution is -1.83. The molecule has 4 rings (SSSR count). The first-order chi connectivity index (χ1) is 10.2. The molecule has 0 aliphatic heterocycles. The van der Waals surface area contributed by atoms with Crippen LogP contribution in [-0.2, 0) is 0 Å². The summed E-state index contributed by atoms with van der Waals surface area (Å²) >= 11 is 12.0. The van der Waals surface area contributed by atoms with E-state index in [0.29, 0.717) is 16.7 Å². The Morgan fingerprint density at radius 2 is 1.67 bits per heavy atom. The van der Waals surface area contributed by atoms with E-state index >= 15 is 0 Å². The van der Waals surface area contributed by atoms with Crippen LogP contribution in [0.2, 0.25) is 10.4 Å². The van der Waals surface area contributed by atoms with Crippen LogP contribution in [0.3, 0.4) is 0 Å². The molecule has 2 aromatic heterocycles. The van der Waals surface area contributed by atoms with Crippen molar-refractivity contribution >= 4 is 45.3 Å². The van der Waals surface area contributed by atoms with Crippen LogP contribution in [0.5, 0.6) is 0 Å². The quantitative estimate of drug-likeness (QED) is 0.351. The number of furan rings is 1. The van der Waals surface area contributed by atoms with E-state index in [9.17, 15) is 0 Å². The van der Waals surface area contributed by atoms with Gasteiger partial charge in [0.05, 0.1) is 0 Å². The SMILES string of the molecule is Clc1nc(Cl)c2oc3ccc(-c4ccccc4)cc3c2n1. The molecule has 0 saturated carbocycles. The Labute approximate surface area is 130 Å². The van der Waals surface area contributed by atoms with Crippen molar-refractivity contribution in [2.45, 2.75) is 0 Å². The number of fused-ring (bicyclic) bond motifs is 3. The molecule has 0 amide bonds. The Hall–Kier alpha value is -2.10. The number of hydrogen-bond donors (Lipinski definition) is 0. The molecule has 0 spiro atoms. The molecule has 0 bridgehead atoms. The molecular formula is C16H8Cl2N2O. The summed E-state index contributed by atoms with van der Waals surface area (Å²) in [5.41, 5.74) is 4.01. The Kier molecular flexibility index (Phi) is 2.84. The highest BCUT2D eigenvalue weighted by molar-refractivity contribution is 6.36. The summed E-state index contributed by atoms with van der Waals surface area (Å²) in [6.07, 6.45) is 0. The third kappa shape index (κ3) is 2.06. The van der Waals surface area contributed by atoms with Crippen molar-refractivity contribution in [2.24, 2.45) is 0 Å². The van der Waals surface area contributed by atoms with Crippen LogP contribution in [-0.4, -0.2) is 9.97 Å². The number of aromatic nitrogens is 2. The maximum Gasteiger partial charge on any atom is 0.224 e. The van der Waals surface area contributed by atoms with Gasteiger partial charge in [0.2, 0.25) is 5.28 Å².